The summed E-state index contributed by atoms with van der Waals surface area (Å²) in [6, 6.07) is -0.0457. The third kappa shape index (κ3) is 4.97. The van der Waals surface area contributed by atoms with Gasteiger partial charge in [0.15, 0.2) is 0 Å². The van der Waals surface area contributed by atoms with Gasteiger partial charge in [-0.15, -0.1) is 0 Å². The first-order valence-corrected chi connectivity index (χ1v) is 6.38. The summed E-state index contributed by atoms with van der Waals surface area (Å²) in [5, 5.41) is 3.41. The summed E-state index contributed by atoms with van der Waals surface area (Å²) in [6.45, 7) is 9.52. The van der Waals surface area contributed by atoms with Crippen molar-refractivity contribution in [2.24, 2.45) is 11.8 Å². The molecule has 0 fully saturated rings. The predicted molar refractivity (Wildman–Crippen MR) is 69.4 cm³/mol. The molecule has 96 valence electrons. The van der Waals surface area contributed by atoms with Gasteiger partial charge in [-0.1, -0.05) is 40.5 Å². The summed E-state index contributed by atoms with van der Waals surface area (Å²) < 4.78 is 0. The van der Waals surface area contributed by atoms with Gasteiger partial charge in [-0.2, -0.15) is 0 Å². The lowest BCUT2D eigenvalue weighted by molar-refractivity contribution is -0.132. The van der Waals surface area contributed by atoms with Crippen LogP contribution in [0.2, 0.25) is 0 Å². The first-order chi connectivity index (χ1) is 7.43. The number of hydrogen-bond acceptors (Lipinski definition) is 2. The third-order valence-electron chi connectivity index (χ3n) is 3.15. The molecule has 3 nitrogen and oxygen atoms in total. The van der Waals surface area contributed by atoms with E-state index in [2.05, 4.69) is 33.0 Å². The van der Waals surface area contributed by atoms with Crippen LogP contribution in [0.5, 0.6) is 0 Å². The Morgan fingerprint density at radius 2 is 1.69 bits per heavy atom. The molecule has 0 saturated heterocycles. The Morgan fingerprint density at radius 3 is 2.00 bits per heavy atom. The SMILES string of the molecule is CCC(CC)CNC(C(=O)N(C)C)C(C)C. The summed E-state index contributed by atoms with van der Waals surface area (Å²) in [5.41, 5.74) is 0. The predicted octanol–water partition coefficient (Wildman–Crippen LogP) is 2.12. The first kappa shape index (κ1) is 15.4. The van der Waals surface area contributed by atoms with Crippen molar-refractivity contribution in [2.75, 3.05) is 20.6 Å². The van der Waals surface area contributed by atoms with Crippen molar-refractivity contribution in [3.05, 3.63) is 0 Å². The van der Waals surface area contributed by atoms with Crippen molar-refractivity contribution < 1.29 is 4.79 Å². The summed E-state index contributed by atoms with van der Waals surface area (Å²) in [7, 11) is 3.63. The van der Waals surface area contributed by atoms with E-state index in [0.717, 1.165) is 6.54 Å². The van der Waals surface area contributed by atoms with E-state index in [1.165, 1.54) is 12.8 Å². The second kappa shape index (κ2) is 7.66. The van der Waals surface area contributed by atoms with Gasteiger partial charge in [0, 0.05) is 14.1 Å². The minimum atomic E-state index is -0.0457. The molecule has 3 heteroatoms. The number of carbonyl (C=O) groups excluding carboxylic acids is 1. The third-order valence-corrected chi connectivity index (χ3v) is 3.15. The van der Waals surface area contributed by atoms with E-state index in [0.29, 0.717) is 11.8 Å². The second-order valence-corrected chi connectivity index (χ2v) is 5.05. The molecule has 0 aromatic carbocycles. The van der Waals surface area contributed by atoms with Crippen molar-refractivity contribution >= 4 is 5.91 Å². The Kier molecular flexibility index (Phi) is 7.39. The van der Waals surface area contributed by atoms with E-state index in [4.69, 9.17) is 0 Å². The Hall–Kier alpha value is -0.570. The molecule has 0 heterocycles. The standard InChI is InChI=1S/C13H28N2O/c1-7-11(8-2)9-14-12(10(3)4)13(16)15(5)6/h10-12,14H,7-9H2,1-6H3. The number of hydrogen-bond donors (Lipinski definition) is 1. The summed E-state index contributed by atoms with van der Waals surface area (Å²) in [5.74, 6) is 1.20. The Labute approximate surface area is 101 Å². The molecule has 0 aliphatic carbocycles. The molecule has 0 saturated carbocycles. The van der Waals surface area contributed by atoms with E-state index in [-0.39, 0.29) is 11.9 Å². The number of carbonyl (C=O) groups is 1. The summed E-state index contributed by atoms with van der Waals surface area (Å²) >= 11 is 0. The lowest BCUT2D eigenvalue weighted by Crippen LogP contribution is -2.48. The molecule has 1 amide bonds. The van der Waals surface area contributed by atoms with Gasteiger partial charge in [0.1, 0.15) is 0 Å². The van der Waals surface area contributed by atoms with Crippen LogP contribution < -0.4 is 5.32 Å². The fourth-order valence-electron chi connectivity index (χ4n) is 1.76. The number of nitrogens with one attached hydrogen (secondary N) is 1. The van der Waals surface area contributed by atoms with Gasteiger partial charge in [0.25, 0.3) is 0 Å². The highest BCUT2D eigenvalue weighted by atomic mass is 16.2. The molecule has 0 rings (SSSR count). The Morgan fingerprint density at radius 1 is 1.19 bits per heavy atom. The van der Waals surface area contributed by atoms with Gasteiger partial charge in [0.2, 0.25) is 5.91 Å². The smallest absolute Gasteiger partial charge is 0.239 e. The van der Waals surface area contributed by atoms with E-state index in [1.807, 2.05) is 14.1 Å². The molecule has 0 radical (unpaired) electrons. The van der Waals surface area contributed by atoms with Crippen LogP contribution in [0.4, 0.5) is 0 Å². The molecule has 0 spiro atoms. The largest absolute Gasteiger partial charge is 0.347 e. The molecule has 16 heavy (non-hydrogen) atoms. The molecule has 0 aliphatic heterocycles. The fourth-order valence-corrected chi connectivity index (χ4v) is 1.76. The van der Waals surface area contributed by atoms with Crippen LogP contribution in [0.25, 0.3) is 0 Å². The van der Waals surface area contributed by atoms with Gasteiger partial charge >= 0.3 is 0 Å². The van der Waals surface area contributed by atoms with Gasteiger partial charge in [0.05, 0.1) is 6.04 Å². The molecule has 1 atom stereocenters. The van der Waals surface area contributed by atoms with E-state index in [1.54, 1.807) is 4.90 Å². The summed E-state index contributed by atoms with van der Waals surface area (Å²) in [4.78, 5) is 13.6. The molecule has 1 unspecified atom stereocenters. The van der Waals surface area contributed by atoms with Gasteiger partial charge < -0.3 is 10.2 Å². The minimum absolute atomic E-state index is 0.0457. The average molecular weight is 228 g/mol. The average Bonchev–Trinajstić information content (AvgIpc) is 2.23. The van der Waals surface area contributed by atoms with Crippen LogP contribution in [-0.4, -0.2) is 37.5 Å². The summed E-state index contributed by atoms with van der Waals surface area (Å²) in [6.07, 6.45) is 2.34. The van der Waals surface area contributed by atoms with Crippen molar-refractivity contribution in [3.63, 3.8) is 0 Å². The number of likely N-dealkylation sites (N-methyl/N-ethyl adjacent to an activating group) is 1. The van der Waals surface area contributed by atoms with Crippen LogP contribution in [-0.2, 0) is 4.79 Å². The van der Waals surface area contributed by atoms with Crippen LogP contribution >= 0.6 is 0 Å². The van der Waals surface area contributed by atoms with Crippen LogP contribution in [0.3, 0.4) is 0 Å². The van der Waals surface area contributed by atoms with Gasteiger partial charge in [-0.3, -0.25) is 4.79 Å². The number of amides is 1. The van der Waals surface area contributed by atoms with E-state index >= 15 is 0 Å². The first-order valence-electron chi connectivity index (χ1n) is 6.38. The van der Waals surface area contributed by atoms with Crippen LogP contribution in [0.15, 0.2) is 0 Å². The quantitative estimate of drug-likeness (QED) is 0.724. The van der Waals surface area contributed by atoms with E-state index < -0.39 is 0 Å². The maximum atomic E-state index is 11.9. The molecular weight excluding hydrogens is 200 g/mol. The zero-order chi connectivity index (χ0) is 12.7. The monoisotopic (exact) mass is 228 g/mol. The number of nitrogens with zero attached hydrogens (tertiary/aromatic N) is 1. The highest BCUT2D eigenvalue weighted by Gasteiger charge is 2.23. The zero-order valence-corrected chi connectivity index (χ0v) is 11.7. The van der Waals surface area contributed by atoms with Crippen molar-refractivity contribution in [1.82, 2.24) is 10.2 Å². The molecule has 0 aliphatic rings. The lowest BCUT2D eigenvalue weighted by Gasteiger charge is -2.26. The molecular formula is C13H28N2O. The van der Waals surface area contributed by atoms with Gasteiger partial charge in [-0.05, 0) is 18.4 Å². The van der Waals surface area contributed by atoms with Crippen molar-refractivity contribution in [1.29, 1.82) is 0 Å². The highest BCUT2D eigenvalue weighted by molar-refractivity contribution is 5.81. The van der Waals surface area contributed by atoms with Crippen molar-refractivity contribution in [2.45, 2.75) is 46.6 Å². The normalized spacial score (nSPS) is 13.2. The molecule has 0 bridgehead atoms. The maximum absolute atomic E-state index is 11.9. The van der Waals surface area contributed by atoms with E-state index in [9.17, 15) is 4.79 Å². The van der Waals surface area contributed by atoms with Crippen LogP contribution in [0.1, 0.15) is 40.5 Å². The second-order valence-electron chi connectivity index (χ2n) is 5.05. The minimum Gasteiger partial charge on any atom is -0.347 e. The molecule has 0 aromatic rings. The van der Waals surface area contributed by atoms with Crippen LogP contribution in [0, 0.1) is 11.8 Å². The van der Waals surface area contributed by atoms with Crippen molar-refractivity contribution in [3.8, 4) is 0 Å². The fraction of sp³-hybridized carbons (Fsp3) is 0.923. The van der Waals surface area contributed by atoms with Gasteiger partial charge in [-0.25, -0.2) is 0 Å². The molecule has 0 aromatic heterocycles. The highest BCUT2D eigenvalue weighted by Crippen LogP contribution is 2.09. The Bertz CT molecular complexity index is 198. The zero-order valence-electron chi connectivity index (χ0n) is 11.7. The Balaban J connectivity index is 4.29. The maximum Gasteiger partial charge on any atom is 0.239 e. The molecule has 1 N–H and O–H groups in total. The topological polar surface area (TPSA) is 32.3 Å². The lowest BCUT2D eigenvalue weighted by atomic mass is 9.99. The number of rotatable bonds is 7.